The standard InChI is InChI=1S/C26H25N3OS/c1-17-9-11-20(12-10-17)24(28-23-15-18(2)13-14-27-23)22-16-19(3)31-26(22)29-25(30)21-7-5-4-6-8-21/h4-16,24H,1-3H3,(H,27,28)(H,29,30)/t24-/m1/s1. The highest BCUT2D eigenvalue weighted by atomic mass is 32.1. The minimum absolute atomic E-state index is 0.111. The molecule has 2 aromatic carbocycles. The predicted octanol–water partition coefficient (Wildman–Crippen LogP) is 6.52. The molecule has 0 unspecified atom stereocenters. The maximum atomic E-state index is 12.8. The van der Waals surface area contributed by atoms with Crippen molar-refractivity contribution < 1.29 is 4.79 Å². The number of amides is 1. The summed E-state index contributed by atoms with van der Waals surface area (Å²) in [6, 6.07) is 23.7. The predicted molar refractivity (Wildman–Crippen MR) is 129 cm³/mol. The Morgan fingerprint density at radius 3 is 2.35 bits per heavy atom. The van der Waals surface area contributed by atoms with E-state index in [-0.39, 0.29) is 11.9 Å². The number of rotatable bonds is 6. The Bertz CT molecular complexity index is 1180. The number of pyridine rings is 1. The monoisotopic (exact) mass is 427 g/mol. The average Bonchev–Trinajstić information content (AvgIpc) is 3.13. The molecule has 1 atom stereocenters. The summed E-state index contributed by atoms with van der Waals surface area (Å²) in [6.45, 7) is 6.19. The van der Waals surface area contributed by atoms with Crippen LogP contribution in [0.1, 0.15) is 43.5 Å². The number of nitrogens with zero attached hydrogens (tertiary/aromatic N) is 1. The van der Waals surface area contributed by atoms with E-state index in [1.807, 2.05) is 49.4 Å². The number of benzene rings is 2. The molecule has 2 N–H and O–H groups in total. The van der Waals surface area contributed by atoms with E-state index in [1.54, 1.807) is 17.5 Å². The van der Waals surface area contributed by atoms with E-state index in [4.69, 9.17) is 0 Å². The van der Waals surface area contributed by atoms with Crippen molar-refractivity contribution in [2.24, 2.45) is 0 Å². The quantitative estimate of drug-likeness (QED) is 0.368. The number of nitrogens with one attached hydrogen (secondary N) is 2. The molecule has 0 aliphatic carbocycles. The van der Waals surface area contributed by atoms with E-state index in [2.05, 4.69) is 59.8 Å². The number of hydrogen-bond acceptors (Lipinski definition) is 4. The second-order valence-electron chi connectivity index (χ2n) is 7.67. The third-order valence-corrected chi connectivity index (χ3v) is 6.06. The van der Waals surface area contributed by atoms with Gasteiger partial charge in [-0.1, -0.05) is 48.0 Å². The van der Waals surface area contributed by atoms with Crippen molar-refractivity contribution in [2.45, 2.75) is 26.8 Å². The van der Waals surface area contributed by atoms with Gasteiger partial charge in [-0.25, -0.2) is 4.98 Å². The van der Waals surface area contributed by atoms with Crippen LogP contribution < -0.4 is 10.6 Å². The summed E-state index contributed by atoms with van der Waals surface area (Å²) in [7, 11) is 0. The second kappa shape index (κ2) is 9.14. The first-order chi connectivity index (χ1) is 15.0. The molecule has 0 saturated carbocycles. The van der Waals surface area contributed by atoms with Crippen LogP contribution in [0.2, 0.25) is 0 Å². The van der Waals surface area contributed by atoms with Gasteiger partial charge in [0.15, 0.2) is 0 Å². The largest absolute Gasteiger partial charge is 0.359 e. The third kappa shape index (κ3) is 5.01. The van der Waals surface area contributed by atoms with Crippen molar-refractivity contribution in [1.82, 2.24) is 4.98 Å². The van der Waals surface area contributed by atoms with Gasteiger partial charge < -0.3 is 10.6 Å². The molecule has 2 aromatic heterocycles. The molecule has 4 aromatic rings. The van der Waals surface area contributed by atoms with Gasteiger partial charge in [-0.3, -0.25) is 4.79 Å². The van der Waals surface area contributed by atoms with Crippen LogP contribution in [0.15, 0.2) is 79.0 Å². The van der Waals surface area contributed by atoms with Crippen LogP contribution in [0.25, 0.3) is 0 Å². The third-order valence-electron chi connectivity index (χ3n) is 5.08. The first-order valence-electron chi connectivity index (χ1n) is 10.2. The molecule has 31 heavy (non-hydrogen) atoms. The Labute approximate surface area is 187 Å². The summed E-state index contributed by atoms with van der Waals surface area (Å²) < 4.78 is 0. The van der Waals surface area contributed by atoms with E-state index in [1.165, 1.54) is 5.56 Å². The van der Waals surface area contributed by atoms with Crippen molar-refractivity contribution in [2.75, 3.05) is 10.6 Å². The van der Waals surface area contributed by atoms with Crippen LogP contribution in [0.3, 0.4) is 0 Å². The van der Waals surface area contributed by atoms with Gasteiger partial charge in [0.05, 0.1) is 6.04 Å². The SMILES string of the molecule is Cc1ccc([C@@H](Nc2cc(C)ccn2)c2cc(C)sc2NC(=O)c2ccccc2)cc1. The summed E-state index contributed by atoms with van der Waals surface area (Å²) in [6.07, 6.45) is 1.81. The summed E-state index contributed by atoms with van der Waals surface area (Å²) in [5, 5.41) is 7.55. The van der Waals surface area contributed by atoms with E-state index in [9.17, 15) is 4.79 Å². The number of carbonyl (C=O) groups is 1. The Morgan fingerprint density at radius 1 is 0.903 bits per heavy atom. The van der Waals surface area contributed by atoms with Crippen LogP contribution in [0.4, 0.5) is 10.8 Å². The van der Waals surface area contributed by atoms with Gasteiger partial charge in [-0.15, -0.1) is 11.3 Å². The van der Waals surface area contributed by atoms with E-state index in [0.29, 0.717) is 5.56 Å². The minimum Gasteiger partial charge on any atom is -0.359 e. The molecule has 0 bridgehead atoms. The van der Waals surface area contributed by atoms with Gasteiger partial charge in [0.25, 0.3) is 5.91 Å². The fourth-order valence-corrected chi connectivity index (χ4v) is 4.42. The lowest BCUT2D eigenvalue weighted by molar-refractivity contribution is 0.102. The lowest BCUT2D eigenvalue weighted by Crippen LogP contribution is -2.17. The zero-order valence-electron chi connectivity index (χ0n) is 17.8. The van der Waals surface area contributed by atoms with E-state index >= 15 is 0 Å². The van der Waals surface area contributed by atoms with Crippen LogP contribution in [0.5, 0.6) is 0 Å². The fourth-order valence-electron chi connectivity index (χ4n) is 3.47. The van der Waals surface area contributed by atoms with Crippen molar-refractivity contribution in [3.63, 3.8) is 0 Å². The molecule has 156 valence electrons. The molecular weight excluding hydrogens is 402 g/mol. The normalized spacial score (nSPS) is 11.7. The summed E-state index contributed by atoms with van der Waals surface area (Å²) in [4.78, 5) is 18.5. The number of anilines is 2. The van der Waals surface area contributed by atoms with Gasteiger partial charge in [0.1, 0.15) is 10.8 Å². The summed E-state index contributed by atoms with van der Waals surface area (Å²) >= 11 is 1.58. The molecule has 0 aliphatic rings. The zero-order chi connectivity index (χ0) is 21.8. The maximum Gasteiger partial charge on any atom is 0.256 e. The van der Waals surface area contributed by atoms with Crippen LogP contribution in [0, 0.1) is 20.8 Å². The van der Waals surface area contributed by atoms with Crippen LogP contribution in [-0.2, 0) is 0 Å². The molecule has 4 rings (SSSR count). The lowest BCUT2D eigenvalue weighted by Gasteiger charge is -2.21. The smallest absolute Gasteiger partial charge is 0.256 e. The molecule has 4 nitrogen and oxygen atoms in total. The number of hydrogen-bond donors (Lipinski definition) is 2. The van der Waals surface area contributed by atoms with E-state index in [0.717, 1.165) is 32.4 Å². The van der Waals surface area contributed by atoms with Crippen LogP contribution in [-0.4, -0.2) is 10.9 Å². The highest BCUT2D eigenvalue weighted by molar-refractivity contribution is 7.16. The molecule has 2 heterocycles. The molecule has 0 radical (unpaired) electrons. The fraction of sp³-hybridized carbons (Fsp3) is 0.154. The van der Waals surface area contributed by atoms with Crippen molar-refractivity contribution in [3.05, 3.63) is 112 Å². The Balaban J connectivity index is 1.72. The molecular formula is C26H25N3OS. The first kappa shape index (κ1) is 20.8. The number of thiophene rings is 1. The summed E-state index contributed by atoms with van der Waals surface area (Å²) in [5.41, 5.74) is 5.12. The Kier molecular flexibility index (Phi) is 6.14. The molecule has 0 fully saturated rings. The molecule has 5 heteroatoms. The number of carbonyl (C=O) groups excluding carboxylic acids is 1. The van der Waals surface area contributed by atoms with E-state index < -0.39 is 0 Å². The topological polar surface area (TPSA) is 54.0 Å². The van der Waals surface area contributed by atoms with Crippen LogP contribution >= 0.6 is 11.3 Å². The number of aromatic nitrogens is 1. The summed E-state index contributed by atoms with van der Waals surface area (Å²) in [5.74, 6) is 0.690. The minimum atomic E-state index is -0.147. The zero-order valence-corrected chi connectivity index (χ0v) is 18.7. The van der Waals surface area contributed by atoms with Crippen molar-refractivity contribution in [1.29, 1.82) is 0 Å². The molecule has 1 amide bonds. The van der Waals surface area contributed by atoms with Gasteiger partial charge in [0.2, 0.25) is 0 Å². The lowest BCUT2D eigenvalue weighted by atomic mass is 9.98. The van der Waals surface area contributed by atoms with Gasteiger partial charge in [0, 0.05) is 22.2 Å². The van der Waals surface area contributed by atoms with Crippen molar-refractivity contribution >= 4 is 28.1 Å². The van der Waals surface area contributed by atoms with Gasteiger partial charge in [-0.05, 0) is 62.2 Å². The maximum absolute atomic E-state index is 12.8. The molecule has 0 saturated heterocycles. The Morgan fingerprint density at radius 2 is 1.65 bits per heavy atom. The van der Waals surface area contributed by atoms with Gasteiger partial charge >= 0.3 is 0 Å². The first-order valence-corrected chi connectivity index (χ1v) is 11.0. The second-order valence-corrected chi connectivity index (χ2v) is 8.92. The number of aryl methyl sites for hydroxylation is 3. The molecule has 0 aliphatic heterocycles. The highest BCUT2D eigenvalue weighted by Gasteiger charge is 2.22. The average molecular weight is 428 g/mol. The molecule has 0 spiro atoms. The Hall–Kier alpha value is -3.44. The van der Waals surface area contributed by atoms with Gasteiger partial charge in [-0.2, -0.15) is 0 Å². The highest BCUT2D eigenvalue weighted by Crippen LogP contribution is 2.37. The van der Waals surface area contributed by atoms with Crippen molar-refractivity contribution in [3.8, 4) is 0 Å².